The predicted molar refractivity (Wildman–Crippen MR) is 531 cm³/mol. The fourth-order valence-corrected chi connectivity index (χ4v) is 22.5. The van der Waals surface area contributed by atoms with Crippen molar-refractivity contribution in [2.75, 3.05) is 69.4 Å². The van der Waals surface area contributed by atoms with E-state index in [4.69, 9.17) is 33.2 Å². The van der Waals surface area contributed by atoms with Crippen LogP contribution >= 0.6 is 12.6 Å². The van der Waals surface area contributed by atoms with Crippen LogP contribution in [-0.2, 0) is 27.1 Å². The summed E-state index contributed by atoms with van der Waals surface area (Å²) in [5.41, 5.74) is 37.0. The summed E-state index contributed by atoms with van der Waals surface area (Å²) in [6, 6.07) is 116. The van der Waals surface area contributed by atoms with Gasteiger partial charge in [0, 0.05) is 95.5 Å². The smallest absolute Gasteiger partial charge is 0.216 e. The van der Waals surface area contributed by atoms with Gasteiger partial charge in [0.1, 0.15) is 40.2 Å². The lowest BCUT2D eigenvalue weighted by molar-refractivity contribution is 0.109. The molecule has 130 heavy (non-hydrogen) atoms. The van der Waals surface area contributed by atoms with Crippen LogP contribution in [0.1, 0.15) is 133 Å². The fraction of sp³-hybridized carbons (Fsp3) is 0.171. The average molecular weight is 1720 g/mol. The van der Waals surface area contributed by atoms with Crippen LogP contribution in [0.25, 0.3) is 66.8 Å². The van der Waals surface area contributed by atoms with Crippen LogP contribution in [0.3, 0.4) is 0 Å². The standard InChI is InChI=1S/C117H98N4O8S/c1-113(2)100-56-68(112(122)130)16-44-88(100)89-45-25-73(57-101(89)113)118(69-17-33-81(123-9)34-18-69)77-29-49-96-97-50-30-78(119(70-19-35-82(124-10)36-20-70)74-26-46-90-93-53-41-85(127-13)65-105(93)114(3,4)102(90)58-74)62-109(97)117(108(96)61-77)110-63-79(120(71-21-37-83(125-11)38-22-71)75-27-47-91-94-54-42-86(128-14)66-106(94)115(5,6)103(91)59-75)31-51-98(110)99-52-32-80(64-111(99)117)121(72-23-39-84(126-12)40-24-72)76-28-48-92-95-55-43-87(129-15)67-107(95)116(7,8)104(92)60-76/h16-67H,1-15H3,(H,122,130). The van der Waals surface area contributed by atoms with Gasteiger partial charge in [-0.3, -0.25) is 4.79 Å². The molecule has 0 amide bonds. The molecule has 0 aromatic heterocycles. The monoisotopic (exact) mass is 1720 g/mol. The van der Waals surface area contributed by atoms with Crippen molar-refractivity contribution in [1.29, 1.82) is 0 Å². The highest BCUT2D eigenvalue weighted by Crippen LogP contribution is 2.67. The van der Waals surface area contributed by atoms with Crippen molar-refractivity contribution in [3.63, 3.8) is 0 Å². The zero-order valence-corrected chi connectivity index (χ0v) is 76.4. The first-order valence-corrected chi connectivity index (χ1v) is 44.7. The Morgan fingerprint density at radius 2 is 0.346 bits per heavy atom. The Balaban J connectivity index is 0.835. The minimum Gasteiger partial charge on any atom is -0.497 e. The van der Waals surface area contributed by atoms with E-state index >= 15 is 0 Å². The van der Waals surface area contributed by atoms with Gasteiger partial charge in [0.15, 0.2) is 0 Å². The lowest BCUT2D eigenvalue weighted by atomic mass is 9.70. The molecule has 0 fully saturated rings. The molecule has 0 unspecified atom stereocenters. The summed E-state index contributed by atoms with van der Waals surface area (Å²) < 4.78 is 41.7. The summed E-state index contributed by atoms with van der Waals surface area (Å²) in [5, 5.41) is -0.266. The van der Waals surface area contributed by atoms with Crippen LogP contribution in [0.2, 0.25) is 0 Å². The van der Waals surface area contributed by atoms with Gasteiger partial charge < -0.3 is 52.8 Å². The number of benzene rings is 16. The average Bonchev–Trinajstić information content (AvgIpc) is 1.50. The third kappa shape index (κ3) is 12.1. The van der Waals surface area contributed by atoms with Crippen molar-refractivity contribution in [2.24, 2.45) is 0 Å². The molecule has 0 N–H and O–H groups in total. The van der Waals surface area contributed by atoms with Gasteiger partial charge in [0.2, 0.25) is 5.12 Å². The zero-order chi connectivity index (χ0) is 89.5. The number of thiol groups is 1. The van der Waals surface area contributed by atoms with Crippen molar-refractivity contribution >= 4 is 86.0 Å². The quantitative estimate of drug-likeness (QED) is 0.0737. The summed E-state index contributed by atoms with van der Waals surface area (Å²) >= 11 is 4.35. The summed E-state index contributed by atoms with van der Waals surface area (Å²) in [7, 11) is 12.1. The number of rotatable bonds is 20. The van der Waals surface area contributed by atoms with E-state index in [1.807, 2.05) is 12.1 Å². The number of fused-ring (bicyclic) bond motifs is 22. The molecule has 12 nitrogen and oxygen atoms in total. The van der Waals surface area contributed by atoms with Gasteiger partial charge in [0.25, 0.3) is 0 Å². The minimum absolute atomic E-state index is 0.266. The van der Waals surface area contributed by atoms with Gasteiger partial charge in [0.05, 0.1) is 55.2 Å². The molecule has 0 atom stereocenters. The number of hydrogen-bond acceptors (Lipinski definition) is 12. The van der Waals surface area contributed by atoms with Crippen molar-refractivity contribution in [1.82, 2.24) is 0 Å². The van der Waals surface area contributed by atoms with Gasteiger partial charge >= 0.3 is 0 Å². The van der Waals surface area contributed by atoms with Crippen molar-refractivity contribution in [3.8, 4) is 107 Å². The van der Waals surface area contributed by atoms with Crippen LogP contribution in [-0.4, -0.2) is 54.9 Å². The zero-order valence-electron chi connectivity index (χ0n) is 75.5. The molecule has 6 aliphatic rings. The Morgan fingerprint density at radius 3 is 0.546 bits per heavy atom. The molecule has 0 saturated carbocycles. The van der Waals surface area contributed by atoms with E-state index < -0.39 is 27.1 Å². The van der Waals surface area contributed by atoms with Crippen molar-refractivity contribution in [2.45, 2.75) is 82.5 Å². The van der Waals surface area contributed by atoms with E-state index in [0.717, 1.165) is 175 Å². The topological polar surface area (TPSA) is 94.6 Å². The molecule has 0 saturated heterocycles. The maximum absolute atomic E-state index is 13.1. The third-order valence-corrected chi connectivity index (χ3v) is 29.4. The summed E-state index contributed by atoms with van der Waals surface area (Å²) in [6.07, 6.45) is 0. The first-order chi connectivity index (χ1) is 62.9. The van der Waals surface area contributed by atoms with Crippen LogP contribution < -0.4 is 52.8 Å². The number of carbonyl (C=O) groups is 1. The third-order valence-electron chi connectivity index (χ3n) is 29.1. The molecular weight excluding hydrogens is 1620 g/mol. The molecule has 0 aliphatic heterocycles. The Labute approximate surface area is 765 Å². The second kappa shape index (κ2) is 30.0. The fourth-order valence-electron chi connectivity index (χ4n) is 22.4. The van der Waals surface area contributed by atoms with Gasteiger partial charge in [-0.2, -0.15) is 0 Å². The van der Waals surface area contributed by atoms with Gasteiger partial charge in [-0.1, -0.05) is 128 Å². The van der Waals surface area contributed by atoms with Crippen LogP contribution in [0.15, 0.2) is 315 Å². The molecule has 0 radical (unpaired) electrons. The lowest BCUT2D eigenvalue weighted by Gasteiger charge is -2.35. The summed E-state index contributed by atoms with van der Waals surface area (Å²) in [4.78, 5) is 22.8. The normalized spacial score (nSPS) is 14.5. The van der Waals surface area contributed by atoms with Crippen LogP contribution in [0.4, 0.5) is 68.2 Å². The summed E-state index contributed by atoms with van der Waals surface area (Å²) in [6.45, 7) is 18.5. The molecule has 6 aliphatic carbocycles. The number of anilines is 12. The molecule has 13 heteroatoms. The highest BCUT2D eigenvalue weighted by atomic mass is 32.1. The Kier molecular flexibility index (Phi) is 18.7. The van der Waals surface area contributed by atoms with E-state index in [1.165, 1.54) is 66.8 Å². The van der Waals surface area contributed by atoms with Crippen LogP contribution in [0, 0.1) is 0 Å². The Bertz CT molecular complexity index is 6880. The van der Waals surface area contributed by atoms with Crippen LogP contribution in [0.5, 0.6) is 40.2 Å². The first kappa shape index (κ1) is 81.1. The van der Waals surface area contributed by atoms with Gasteiger partial charge in [-0.05, 0) is 376 Å². The van der Waals surface area contributed by atoms with E-state index in [2.05, 4.69) is 391 Å². The molecule has 16 aromatic carbocycles. The van der Waals surface area contributed by atoms with E-state index in [1.54, 1.807) is 49.8 Å². The van der Waals surface area contributed by atoms with E-state index in [9.17, 15) is 4.79 Å². The maximum atomic E-state index is 13.1. The number of hydrogen-bond donors (Lipinski definition) is 1. The highest BCUT2D eigenvalue weighted by Gasteiger charge is 2.54. The first-order valence-electron chi connectivity index (χ1n) is 44.3. The SMILES string of the molecule is COc1ccc(N(c2ccc3c(c2)C(C)(C)c2cc(OC)ccc2-3)c2ccc3c(c2)C2(c4cc(N(c5ccc(OC)cc5)c5ccc6c(c5)C(C)(C)c5cc(OC)ccc5-6)ccc4-3)c3cc(N(c4ccc(OC)cc4)c4ccc5c(c4)C(C)(C)c4cc(OC)ccc4-5)ccc3-c3ccc(N(c4ccc(OC)cc4)c4ccc5c(c4)C(C)(C)c4cc(C(=O)S)ccc4-5)cc32)cc1. The number of methoxy groups -OCH3 is 7. The second-order valence-corrected chi connectivity index (χ2v) is 37.4. The largest absolute Gasteiger partial charge is 0.497 e. The molecule has 22 rings (SSSR count). The number of ether oxygens (including phenoxy) is 7. The second-order valence-electron chi connectivity index (χ2n) is 37.0. The Morgan fingerprint density at radius 1 is 0.192 bits per heavy atom. The minimum atomic E-state index is -1.15. The molecule has 0 bridgehead atoms. The molecule has 0 heterocycles. The number of nitrogens with zero attached hydrogens (tertiary/aromatic N) is 4. The van der Waals surface area contributed by atoms with E-state index in [0.29, 0.717) is 5.56 Å². The molecule has 1 spiro atoms. The maximum Gasteiger partial charge on any atom is 0.216 e. The molecule has 16 aromatic rings. The van der Waals surface area contributed by atoms with Crippen molar-refractivity contribution < 1.29 is 38.0 Å². The Hall–Kier alpha value is -14.7. The predicted octanol–water partition coefficient (Wildman–Crippen LogP) is 29.3. The number of carbonyl (C=O) groups excluding carboxylic acids is 1. The lowest BCUT2D eigenvalue weighted by Crippen LogP contribution is -2.27. The molecule has 640 valence electrons. The van der Waals surface area contributed by atoms with Gasteiger partial charge in [-0.25, -0.2) is 0 Å². The molecular formula is C117H98N4O8S. The van der Waals surface area contributed by atoms with E-state index in [-0.39, 0.29) is 5.12 Å². The summed E-state index contributed by atoms with van der Waals surface area (Å²) in [5.74, 6) is 5.47. The highest BCUT2D eigenvalue weighted by molar-refractivity contribution is 7.97. The van der Waals surface area contributed by atoms with Gasteiger partial charge in [-0.15, -0.1) is 12.6 Å². The van der Waals surface area contributed by atoms with Crippen molar-refractivity contribution in [3.05, 3.63) is 388 Å².